The van der Waals surface area contributed by atoms with Gasteiger partial charge in [-0.2, -0.15) is 0 Å². The Morgan fingerprint density at radius 3 is 2.32 bits per heavy atom. The second-order valence-corrected chi connectivity index (χ2v) is 7.85. The number of carbonyl (C=O) groups excluding carboxylic acids is 3. The summed E-state index contributed by atoms with van der Waals surface area (Å²) in [6.07, 6.45) is 0. The van der Waals surface area contributed by atoms with Gasteiger partial charge in [-0.3, -0.25) is 14.5 Å². The normalized spacial score (nSPS) is 21.3. The molecule has 0 radical (unpaired) electrons. The highest BCUT2D eigenvalue weighted by Crippen LogP contribution is 2.30. The molecule has 0 unspecified atom stereocenters. The van der Waals surface area contributed by atoms with E-state index in [0.29, 0.717) is 31.7 Å². The number of piperazine rings is 1. The second-order valence-electron chi connectivity index (χ2n) is 7.85. The number of benzene rings is 2. The monoisotopic (exact) mass is 422 g/mol. The van der Waals surface area contributed by atoms with Crippen molar-refractivity contribution in [1.82, 2.24) is 15.1 Å². The third kappa shape index (κ3) is 3.81. The molecule has 4 amide bonds. The Morgan fingerprint density at radius 1 is 1.00 bits per heavy atom. The van der Waals surface area contributed by atoms with Crippen LogP contribution >= 0.6 is 0 Å². The molecule has 8 nitrogen and oxygen atoms in total. The smallest absolute Gasteiger partial charge is 0.325 e. The average Bonchev–Trinajstić information content (AvgIpc) is 3.03. The summed E-state index contributed by atoms with van der Waals surface area (Å²) >= 11 is 0. The Balaban J connectivity index is 1.39. The molecular weight excluding hydrogens is 396 g/mol. The van der Waals surface area contributed by atoms with E-state index in [-0.39, 0.29) is 12.5 Å². The predicted molar refractivity (Wildman–Crippen MR) is 116 cm³/mol. The number of ether oxygens (including phenoxy) is 1. The maximum atomic E-state index is 13.0. The molecule has 1 atom stereocenters. The molecule has 0 aliphatic carbocycles. The van der Waals surface area contributed by atoms with Crippen LogP contribution in [-0.4, -0.2) is 67.5 Å². The largest absolute Gasteiger partial charge is 0.495 e. The van der Waals surface area contributed by atoms with Gasteiger partial charge in [0.25, 0.3) is 5.91 Å². The van der Waals surface area contributed by atoms with E-state index in [2.05, 4.69) is 10.2 Å². The predicted octanol–water partition coefficient (Wildman–Crippen LogP) is 1.81. The SMILES string of the molecule is COc1ccccc1N1CCN(C(=O)CN2C(=O)N[C@@](C)(c3ccccc3)C2=O)CC1. The summed E-state index contributed by atoms with van der Waals surface area (Å²) in [6, 6.07) is 16.3. The zero-order chi connectivity index (χ0) is 22.0. The molecule has 8 heteroatoms. The van der Waals surface area contributed by atoms with E-state index in [4.69, 9.17) is 4.74 Å². The molecule has 0 spiro atoms. The molecule has 4 rings (SSSR count). The fraction of sp³-hybridized carbons (Fsp3) is 0.348. The Kier molecular flexibility index (Phi) is 5.54. The van der Waals surface area contributed by atoms with E-state index < -0.39 is 17.5 Å². The molecule has 2 heterocycles. The lowest BCUT2D eigenvalue weighted by atomic mass is 9.92. The number of carbonyl (C=O) groups is 3. The van der Waals surface area contributed by atoms with Gasteiger partial charge in [0.05, 0.1) is 12.8 Å². The Bertz CT molecular complexity index is 988. The van der Waals surface area contributed by atoms with Gasteiger partial charge in [-0.25, -0.2) is 4.79 Å². The van der Waals surface area contributed by atoms with Crippen molar-refractivity contribution in [3.05, 3.63) is 60.2 Å². The standard InChI is InChI=1S/C23H26N4O4/c1-23(17-8-4-3-5-9-17)21(29)27(22(30)24-23)16-20(28)26-14-12-25(13-15-26)18-10-6-7-11-19(18)31-2/h3-11H,12-16H2,1-2H3,(H,24,30)/t23-/m0/s1. The third-order valence-electron chi connectivity index (χ3n) is 5.98. The van der Waals surface area contributed by atoms with E-state index in [1.165, 1.54) is 0 Å². The van der Waals surface area contributed by atoms with E-state index in [1.807, 2.05) is 42.5 Å². The number of nitrogens with one attached hydrogen (secondary N) is 1. The number of urea groups is 1. The fourth-order valence-corrected chi connectivity index (χ4v) is 4.13. The first kappa shape index (κ1) is 20.7. The minimum absolute atomic E-state index is 0.236. The number of hydrogen-bond donors (Lipinski definition) is 1. The minimum Gasteiger partial charge on any atom is -0.495 e. The van der Waals surface area contributed by atoms with Crippen LogP contribution in [0.5, 0.6) is 5.75 Å². The zero-order valence-electron chi connectivity index (χ0n) is 17.7. The zero-order valence-corrected chi connectivity index (χ0v) is 17.7. The van der Waals surface area contributed by atoms with Gasteiger partial charge in [-0.15, -0.1) is 0 Å². The van der Waals surface area contributed by atoms with Crippen molar-refractivity contribution >= 4 is 23.5 Å². The van der Waals surface area contributed by atoms with E-state index in [9.17, 15) is 14.4 Å². The number of anilines is 1. The summed E-state index contributed by atoms with van der Waals surface area (Å²) in [4.78, 5) is 43.3. The number of para-hydroxylation sites is 2. The van der Waals surface area contributed by atoms with Crippen LogP contribution in [0.4, 0.5) is 10.5 Å². The minimum atomic E-state index is -1.17. The Labute approximate surface area is 181 Å². The summed E-state index contributed by atoms with van der Waals surface area (Å²) in [5, 5.41) is 2.74. The highest BCUT2D eigenvalue weighted by Gasteiger charge is 2.49. The van der Waals surface area contributed by atoms with Crippen LogP contribution in [0.25, 0.3) is 0 Å². The van der Waals surface area contributed by atoms with Crippen molar-refractivity contribution in [3.63, 3.8) is 0 Å². The summed E-state index contributed by atoms with van der Waals surface area (Å²) in [7, 11) is 1.64. The maximum Gasteiger partial charge on any atom is 0.325 e. The Hall–Kier alpha value is -3.55. The molecule has 31 heavy (non-hydrogen) atoms. The number of amides is 4. The van der Waals surface area contributed by atoms with Gasteiger partial charge in [0.15, 0.2) is 0 Å². The first-order chi connectivity index (χ1) is 14.9. The van der Waals surface area contributed by atoms with Gasteiger partial charge in [0.2, 0.25) is 5.91 Å². The second kappa shape index (κ2) is 8.29. The van der Waals surface area contributed by atoms with Crippen LogP contribution in [0.2, 0.25) is 0 Å². The molecule has 2 aromatic rings. The van der Waals surface area contributed by atoms with Crippen molar-refractivity contribution in [2.75, 3.05) is 44.7 Å². The lowest BCUT2D eigenvalue weighted by Gasteiger charge is -2.37. The lowest BCUT2D eigenvalue weighted by Crippen LogP contribution is -2.52. The number of nitrogens with zero attached hydrogens (tertiary/aromatic N) is 3. The average molecular weight is 422 g/mol. The van der Waals surface area contributed by atoms with E-state index >= 15 is 0 Å². The van der Waals surface area contributed by atoms with Crippen LogP contribution in [0, 0.1) is 0 Å². The van der Waals surface area contributed by atoms with Gasteiger partial charge >= 0.3 is 6.03 Å². The highest BCUT2D eigenvalue weighted by atomic mass is 16.5. The fourth-order valence-electron chi connectivity index (χ4n) is 4.13. The molecular formula is C23H26N4O4. The Morgan fingerprint density at radius 2 is 1.65 bits per heavy atom. The van der Waals surface area contributed by atoms with Crippen molar-refractivity contribution < 1.29 is 19.1 Å². The van der Waals surface area contributed by atoms with E-state index in [1.54, 1.807) is 31.1 Å². The van der Waals surface area contributed by atoms with Crippen LogP contribution in [-0.2, 0) is 15.1 Å². The van der Waals surface area contributed by atoms with Crippen molar-refractivity contribution in [2.24, 2.45) is 0 Å². The molecule has 0 bridgehead atoms. The first-order valence-corrected chi connectivity index (χ1v) is 10.3. The van der Waals surface area contributed by atoms with Gasteiger partial charge in [0.1, 0.15) is 17.8 Å². The maximum absolute atomic E-state index is 13.0. The molecule has 2 aliphatic heterocycles. The number of hydrogen-bond acceptors (Lipinski definition) is 5. The van der Waals surface area contributed by atoms with Crippen LogP contribution in [0.15, 0.2) is 54.6 Å². The summed E-state index contributed by atoms with van der Waals surface area (Å²) in [6.45, 7) is 3.72. The first-order valence-electron chi connectivity index (χ1n) is 10.3. The van der Waals surface area contributed by atoms with Crippen LogP contribution < -0.4 is 15.0 Å². The lowest BCUT2D eigenvalue weighted by molar-refractivity contribution is -0.139. The molecule has 0 aromatic heterocycles. The summed E-state index contributed by atoms with van der Waals surface area (Å²) in [5.41, 5.74) is 0.514. The van der Waals surface area contributed by atoms with Crippen LogP contribution in [0.1, 0.15) is 12.5 Å². The molecule has 1 N–H and O–H groups in total. The molecule has 162 valence electrons. The topological polar surface area (TPSA) is 82.2 Å². The van der Waals surface area contributed by atoms with Crippen LogP contribution in [0.3, 0.4) is 0 Å². The molecule has 2 aromatic carbocycles. The number of rotatable bonds is 5. The number of imide groups is 1. The van der Waals surface area contributed by atoms with E-state index in [0.717, 1.165) is 16.3 Å². The quantitative estimate of drug-likeness (QED) is 0.744. The molecule has 0 saturated carbocycles. The summed E-state index contributed by atoms with van der Waals surface area (Å²) < 4.78 is 5.43. The summed E-state index contributed by atoms with van der Waals surface area (Å²) in [5.74, 6) is 0.145. The van der Waals surface area contributed by atoms with Crippen molar-refractivity contribution in [1.29, 1.82) is 0 Å². The highest BCUT2D eigenvalue weighted by molar-refractivity contribution is 6.09. The molecule has 2 aliphatic rings. The van der Waals surface area contributed by atoms with Crippen molar-refractivity contribution in [3.8, 4) is 5.75 Å². The van der Waals surface area contributed by atoms with Gasteiger partial charge < -0.3 is 19.9 Å². The molecule has 2 saturated heterocycles. The van der Waals surface area contributed by atoms with Gasteiger partial charge in [-0.05, 0) is 24.6 Å². The third-order valence-corrected chi connectivity index (χ3v) is 5.98. The van der Waals surface area contributed by atoms with Gasteiger partial charge in [-0.1, -0.05) is 42.5 Å². The molecule has 2 fully saturated rings. The van der Waals surface area contributed by atoms with Gasteiger partial charge in [0, 0.05) is 26.2 Å². The van der Waals surface area contributed by atoms with Crippen molar-refractivity contribution in [2.45, 2.75) is 12.5 Å². The number of methoxy groups -OCH3 is 1.